The van der Waals surface area contributed by atoms with Gasteiger partial charge in [0.05, 0.1) is 7.11 Å². The van der Waals surface area contributed by atoms with Gasteiger partial charge in [-0.2, -0.15) is 0 Å². The highest BCUT2D eigenvalue weighted by atomic mass is 16.5. The zero-order valence-corrected chi connectivity index (χ0v) is 11.7. The molecule has 0 radical (unpaired) electrons. The van der Waals surface area contributed by atoms with E-state index in [4.69, 9.17) is 4.74 Å². The highest BCUT2D eigenvalue weighted by Crippen LogP contribution is 2.30. The molecule has 0 aromatic heterocycles. The zero-order valence-electron chi connectivity index (χ0n) is 11.7. The fourth-order valence-electron chi connectivity index (χ4n) is 2.85. The summed E-state index contributed by atoms with van der Waals surface area (Å²) in [5, 5.41) is 3.53. The van der Waals surface area contributed by atoms with Gasteiger partial charge in [-0.25, -0.2) is 0 Å². The Labute approximate surface area is 110 Å². The molecule has 3 heteroatoms. The second kappa shape index (κ2) is 5.72. The minimum Gasteiger partial charge on any atom is -0.496 e. The Kier molecular flexibility index (Phi) is 4.25. The smallest absolute Gasteiger partial charge is 0.122 e. The van der Waals surface area contributed by atoms with Gasteiger partial charge in [0.1, 0.15) is 5.75 Å². The molecule has 1 aliphatic heterocycles. The van der Waals surface area contributed by atoms with Gasteiger partial charge in [-0.1, -0.05) is 18.2 Å². The normalized spacial score (nSPS) is 24.2. The van der Waals surface area contributed by atoms with Gasteiger partial charge >= 0.3 is 0 Å². The van der Waals surface area contributed by atoms with Crippen molar-refractivity contribution in [1.82, 2.24) is 10.2 Å². The fourth-order valence-corrected chi connectivity index (χ4v) is 2.85. The first-order chi connectivity index (χ1) is 8.68. The van der Waals surface area contributed by atoms with Crippen LogP contribution in [0.15, 0.2) is 24.3 Å². The lowest BCUT2D eigenvalue weighted by Gasteiger charge is -2.43. The maximum Gasteiger partial charge on any atom is 0.122 e. The summed E-state index contributed by atoms with van der Waals surface area (Å²) in [7, 11) is 6.12. The summed E-state index contributed by atoms with van der Waals surface area (Å²) in [5.41, 5.74) is 1.52. The molecular formula is C15H24N2O. The topological polar surface area (TPSA) is 24.5 Å². The maximum atomic E-state index is 5.47. The van der Waals surface area contributed by atoms with Gasteiger partial charge in [0.25, 0.3) is 0 Å². The van der Waals surface area contributed by atoms with E-state index in [1.807, 2.05) is 6.07 Å². The molecule has 1 fully saturated rings. The van der Waals surface area contributed by atoms with Crippen LogP contribution in [0, 0.1) is 0 Å². The van der Waals surface area contributed by atoms with Crippen LogP contribution in [0.1, 0.15) is 18.4 Å². The van der Waals surface area contributed by atoms with Crippen LogP contribution in [-0.4, -0.2) is 44.7 Å². The van der Waals surface area contributed by atoms with Gasteiger partial charge in [0, 0.05) is 12.1 Å². The Hall–Kier alpha value is -1.06. The molecule has 1 unspecified atom stereocenters. The number of benzene rings is 1. The van der Waals surface area contributed by atoms with E-state index in [9.17, 15) is 0 Å². The number of hydrogen-bond donors (Lipinski definition) is 1. The van der Waals surface area contributed by atoms with E-state index in [0.717, 1.165) is 25.3 Å². The summed E-state index contributed by atoms with van der Waals surface area (Å²) >= 11 is 0. The van der Waals surface area contributed by atoms with E-state index >= 15 is 0 Å². The van der Waals surface area contributed by atoms with Crippen molar-refractivity contribution in [3.8, 4) is 5.75 Å². The second-order valence-electron chi connectivity index (χ2n) is 5.39. The van der Waals surface area contributed by atoms with E-state index in [0.29, 0.717) is 0 Å². The van der Waals surface area contributed by atoms with Gasteiger partial charge < -0.3 is 15.0 Å². The molecule has 3 nitrogen and oxygen atoms in total. The Morgan fingerprint density at radius 2 is 2.11 bits per heavy atom. The summed E-state index contributed by atoms with van der Waals surface area (Å²) in [6, 6.07) is 8.36. The summed E-state index contributed by atoms with van der Waals surface area (Å²) in [5.74, 6) is 1.00. The fraction of sp³-hybridized carbons (Fsp3) is 0.600. The third-order valence-electron chi connectivity index (χ3n) is 4.11. The number of nitrogens with one attached hydrogen (secondary N) is 1. The quantitative estimate of drug-likeness (QED) is 0.881. The average molecular weight is 248 g/mol. The Morgan fingerprint density at radius 3 is 2.72 bits per heavy atom. The van der Waals surface area contributed by atoms with E-state index in [1.54, 1.807) is 7.11 Å². The van der Waals surface area contributed by atoms with Crippen molar-refractivity contribution in [2.75, 3.05) is 34.3 Å². The Morgan fingerprint density at radius 1 is 1.33 bits per heavy atom. The summed E-state index contributed by atoms with van der Waals surface area (Å²) in [6.45, 7) is 2.19. The van der Waals surface area contributed by atoms with Crippen molar-refractivity contribution in [3.05, 3.63) is 29.8 Å². The van der Waals surface area contributed by atoms with Gasteiger partial charge in [0.15, 0.2) is 0 Å². The first-order valence-corrected chi connectivity index (χ1v) is 6.68. The summed E-state index contributed by atoms with van der Waals surface area (Å²) in [4.78, 5) is 2.37. The van der Waals surface area contributed by atoms with E-state index in [-0.39, 0.29) is 5.54 Å². The molecule has 0 amide bonds. The average Bonchev–Trinajstić information content (AvgIpc) is 2.40. The van der Waals surface area contributed by atoms with Crippen molar-refractivity contribution < 1.29 is 4.74 Å². The summed E-state index contributed by atoms with van der Waals surface area (Å²) < 4.78 is 5.47. The van der Waals surface area contributed by atoms with Gasteiger partial charge in [-0.3, -0.25) is 0 Å². The van der Waals surface area contributed by atoms with Crippen molar-refractivity contribution >= 4 is 0 Å². The molecule has 0 spiro atoms. The number of likely N-dealkylation sites (N-methyl/N-ethyl adjacent to an activating group) is 1. The van der Waals surface area contributed by atoms with Crippen LogP contribution >= 0.6 is 0 Å². The molecule has 18 heavy (non-hydrogen) atoms. The highest BCUT2D eigenvalue weighted by molar-refractivity contribution is 5.35. The lowest BCUT2D eigenvalue weighted by atomic mass is 9.82. The first-order valence-electron chi connectivity index (χ1n) is 6.68. The Bertz CT molecular complexity index is 384. The molecule has 1 heterocycles. The monoisotopic (exact) mass is 248 g/mol. The highest BCUT2D eigenvalue weighted by Gasteiger charge is 2.34. The minimum absolute atomic E-state index is 0.215. The number of methoxy groups -OCH3 is 1. The van der Waals surface area contributed by atoms with Crippen molar-refractivity contribution in [2.45, 2.75) is 24.8 Å². The third kappa shape index (κ3) is 2.68. The molecule has 1 aromatic rings. The van der Waals surface area contributed by atoms with Crippen LogP contribution in [0.4, 0.5) is 0 Å². The number of para-hydroxylation sites is 1. The molecule has 0 bridgehead atoms. The molecule has 1 aliphatic rings. The lowest BCUT2D eigenvalue weighted by Crippen LogP contribution is -2.56. The largest absolute Gasteiger partial charge is 0.496 e. The molecule has 100 valence electrons. The lowest BCUT2D eigenvalue weighted by molar-refractivity contribution is 0.113. The van der Waals surface area contributed by atoms with E-state index in [1.165, 1.54) is 18.4 Å². The zero-order chi connectivity index (χ0) is 13.0. The molecule has 1 aromatic carbocycles. The van der Waals surface area contributed by atoms with Crippen molar-refractivity contribution in [1.29, 1.82) is 0 Å². The number of ether oxygens (including phenoxy) is 1. The molecule has 1 saturated heterocycles. The molecular weight excluding hydrogens is 224 g/mol. The van der Waals surface area contributed by atoms with Crippen LogP contribution in [0.5, 0.6) is 5.75 Å². The number of rotatable bonds is 4. The van der Waals surface area contributed by atoms with Crippen LogP contribution in [-0.2, 0) is 6.42 Å². The molecule has 1 N–H and O–H groups in total. The standard InChI is InChI=1S/C15H24N2O/c1-17(2)15(9-6-10-16-12-15)11-13-7-4-5-8-14(13)18-3/h4-5,7-8,16H,6,9-12H2,1-3H3. The number of nitrogens with zero attached hydrogens (tertiary/aromatic N) is 1. The van der Waals surface area contributed by atoms with Crippen LogP contribution in [0.25, 0.3) is 0 Å². The summed E-state index contributed by atoms with van der Waals surface area (Å²) in [6.07, 6.45) is 3.52. The molecule has 2 rings (SSSR count). The van der Waals surface area contributed by atoms with Gasteiger partial charge in [-0.05, 0) is 51.5 Å². The van der Waals surface area contributed by atoms with Gasteiger partial charge in [0.2, 0.25) is 0 Å². The molecule has 0 saturated carbocycles. The minimum atomic E-state index is 0.215. The van der Waals surface area contributed by atoms with E-state index < -0.39 is 0 Å². The van der Waals surface area contributed by atoms with Crippen molar-refractivity contribution in [3.63, 3.8) is 0 Å². The first kappa shape index (κ1) is 13.4. The Balaban J connectivity index is 2.23. The molecule has 1 atom stereocenters. The van der Waals surface area contributed by atoms with E-state index in [2.05, 4.69) is 42.5 Å². The predicted octanol–water partition coefficient (Wildman–Crippen LogP) is 1.92. The predicted molar refractivity (Wildman–Crippen MR) is 75.2 cm³/mol. The van der Waals surface area contributed by atoms with Gasteiger partial charge in [-0.15, -0.1) is 0 Å². The van der Waals surface area contributed by atoms with Crippen LogP contribution in [0.2, 0.25) is 0 Å². The molecule has 0 aliphatic carbocycles. The van der Waals surface area contributed by atoms with Crippen LogP contribution in [0.3, 0.4) is 0 Å². The van der Waals surface area contributed by atoms with Crippen molar-refractivity contribution in [2.24, 2.45) is 0 Å². The third-order valence-corrected chi connectivity index (χ3v) is 4.11. The second-order valence-corrected chi connectivity index (χ2v) is 5.39. The number of piperidine rings is 1. The maximum absolute atomic E-state index is 5.47. The SMILES string of the molecule is COc1ccccc1CC1(N(C)C)CCCNC1. The van der Waals surface area contributed by atoms with Crippen LogP contribution < -0.4 is 10.1 Å². The number of hydrogen-bond acceptors (Lipinski definition) is 3.